The molecule has 0 radical (unpaired) electrons. The zero-order chi connectivity index (χ0) is 26.9. The van der Waals surface area contributed by atoms with E-state index in [0.717, 1.165) is 42.7 Å². The standard InChI is InChI=1S/C27H39N3O6S/c1-4-34-26(31)30(28)24-14-12-23(13-15-24)29(37(32,33)25-16-10-22(2)11-17-25)19-9-7-5-6-8-18-27(3)35-20-21-36-27/h10-17H,4-9,18-21,28H2,1-3H3. The van der Waals surface area contributed by atoms with Gasteiger partial charge in [0.1, 0.15) is 0 Å². The molecule has 9 nitrogen and oxygen atoms in total. The van der Waals surface area contributed by atoms with Crippen LogP contribution in [0.15, 0.2) is 53.4 Å². The molecule has 3 rings (SSSR count). The topological polar surface area (TPSA) is 111 Å². The monoisotopic (exact) mass is 533 g/mol. The number of unbranched alkanes of at least 4 members (excludes halogenated alkanes) is 4. The van der Waals surface area contributed by atoms with Crippen LogP contribution in [-0.4, -0.2) is 46.7 Å². The van der Waals surface area contributed by atoms with Crippen LogP contribution < -0.4 is 15.2 Å². The lowest BCUT2D eigenvalue weighted by Crippen LogP contribution is -2.38. The maximum Gasteiger partial charge on any atom is 0.428 e. The first kappa shape index (κ1) is 28.9. The van der Waals surface area contributed by atoms with E-state index >= 15 is 0 Å². The first-order valence-electron chi connectivity index (χ1n) is 12.9. The summed E-state index contributed by atoms with van der Waals surface area (Å²) in [5.41, 5.74) is 1.89. The van der Waals surface area contributed by atoms with Crippen LogP contribution >= 0.6 is 0 Å². The summed E-state index contributed by atoms with van der Waals surface area (Å²) >= 11 is 0. The van der Waals surface area contributed by atoms with Crippen molar-refractivity contribution in [2.24, 2.45) is 5.84 Å². The number of sulfonamides is 1. The predicted octanol–water partition coefficient (Wildman–Crippen LogP) is 5.13. The maximum atomic E-state index is 13.6. The molecule has 37 heavy (non-hydrogen) atoms. The van der Waals surface area contributed by atoms with Crippen LogP contribution in [0.25, 0.3) is 0 Å². The van der Waals surface area contributed by atoms with Crippen molar-refractivity contribution in [1.82, 2.24) is 0 Å². The van der Waals surface area contributed by atoms with Gasteiger partial charge < -0.3 is 14.2 Å². The molecule has 1 saturated heterocycles. The minimum Gasteiger partial charge on any atom is -0.449 e. The number of hydrogen-bond acceptors (Lipinski definition) is 7. The van der Waals surface area contributed by atoms with E-state index in [1.54, 1.807) is 55.5 Å². The minimum atomic E-state index is -3.78. The van der Waals surface area contributed by atoms with Crippen LogP contribution in [0.4, 0.5) is 16.2 Å². The van der Waals surface area contributed by atoms with E-state index in [1.807, 2.05) is 13.8 Å². The lowest BCUT2D eigenvalue weighted by atomic mass is 10.1. The highest BCUT2D eigenvalue weighted by Crippen LogP contribution is 2.28. The Balaban J connectivity index is 1.66. The van der Waals surface area contributed by atoms with Gasteiger partial charge in [-0.25, -0.2) is 24.1 Å². The summed E-state index contributed by atoms with van der Waals surface area (Å²) in [4.78, 5) is 12.2. The van der Waals surface area contributed by atoms with Gasteiger partial charge in [-0.05, 0) is 70.0 Å². The summed E-state index contributed by atoms with van der Waals surface area (Å²) in [6.45, 7) is 7.43. The van der Waals surface area contributed by atoms with Gasteiger partial charge in [-0.15, -0.1) is 0 Å². The second-order valence-electron chi connectivity index (χ2n) is 9.32. The zero-order valence-corrected chi connectivity index (χ0v) is 22.8. The number of rotatable bonds is 13. The maximum absolute atomic E-state index is 13.6. The number of hydrazine groups is 1. The largest absolute Gasteiger partial charge is 0.449 e. The molecule has 2 N–H and O–H groups in total. The third kappa shape index (κ3) is 7.91. The number of benzene rings is 2. The van der Waals surface area contributed by atoms with Crippen LogP contribution in [-0.2, 0) is 24.2 Å². The van der Waals surface area contributed by atoms with Crippen molar-refractivity contribution < 1.29 is 27.4 Å². The van der Waals surface area contributed by atoms with E-state index in [-0.39, 0.29) is 11.5 Å². The van der Waals surface area contributed by atoms with Gasteiger partial charge in [0.15, 0.2) is 5.79 Å². The van der Waals surface area contributed by atoms with Crippen molar-refractivity contribution in [3.8, 4) is 0 Å². The number of amides is 1. The number of anilines is 2. The van der Waals surface area contributed by atoms with Crippen LogP contribution in [0.1, 0.15) is 57.9 Å². The Morgan fingerprint density at radius 1 is 0.946 bits per heavy atom. The summed E-state index contributed by atoms with van der Waals surface area (Å²) in [6, 6.07) is 13.4. The highest BCUT2D eigenvalue weighted by molar-refractivity contribution is 7.92. The third-order valence-corrected chi connectivity index (χ3v) is 8.22. The van der Waals surface area contributed by atoms with Crippen molar-refractivity contribution in [1.29, 1.82) is 0 Å². The molecular weight excluding hydrogens is 494 g/mol. The highest BCUT2D eigenvalue weighted by Gasteiger charge is 2.30. The Labute approximate surface area is 220 Å². The number of carbonyl (C=O) groups excluding carboxylic acids is 1. The van der Waals surface area contributed by atoms with Gasteiger partial charge in [-0.1, -0.05) is 37.0 Å². The van der Waals surface area contributed by atoms with Crippen LogP contribution in [0.5, 0.6) is 0 Å². The van der Waals surface area contributed by atoms with Gasteiger partial charge in [0.25, 0.3) is 10.0 Å². The number of nitrogens with zero attached hydrogens (tertiary/aromatic N) is 2. The third-order valence-electron chi connectivity index (χ3n) is 6.38. The molecule has 0 unspecified atom stereocenters. The number of nitrogens with two attached hydrogens (primary N) is 1. The minimum absolute atomic E-state index is 0.202. The van der Waals surface area contributed by atoms with E-state index < -0.39 is 21.9 Å². The van der Waals surface area contributed by atoms with Crippen molar-refractivity contribution in [3.63, 3.8) is 0 Å². The fraction of sp³-hybridized carbons (Fsp3) is 0.519. The highest BCUT2D eigenvalue weighted by atomic mass is 32.2. The van der Waals surface area contributed by atoms with Gasteiger partial charge in [0.2, 0.25) is 0 Å². The smallest absolute Gasteiger partial charge is 0.428 e. The van der Waals surface area contributed by atoms with Gasteiger partial charge in [-0.2, -0.15) is 0 Å². The normalized spacial score (nSPS) is 14.9. The van der Waals surface area contributed by atoms with Crippen molar-refractivity contribution in [2.75, 3.05) is 35.7 Å². The van der Waals surface area contributed by atoms with Gasteiger partial charge in [0.05, 0.1) is 36.1 Å². The summed E-state index contributed by atoms with van der Waals surface area (Å²) in [7, 11) is -3.78. The molecule has 1 heterocycles. The molecular formula is C27H39N3O6S. The Hall–Kier alpha value is -2.66. The van der Waals surface area contributed by atoms with E-state index in [2.05, 4.69) is 0 Å². The first-order valence-corrected chi connectivity index (χ1v) is 14.3. The molecule has 0 atom stereocenters. The van der Waals surface area contributed by atoms with Crippen LogP contribution in [0, 0.1) is 6.92 Å². The summed E-state index contributed by atoms with van der Waals surface area (Å²) in [5, 5.41) is 0.897. The first-order chi connectivity index (χ1) is 17.7. The number of carbonyl (C=O) groups is 1. The molecule has 1 amide bonds. The molecule has 0 bridgehead atoms. The fourth-order valence-corrected chi connectivity index (χ4v) is 5.74. The Morgan fingerprint density at radius 2 is 1.51 bits per heavy atom. The van der Waals surface area contributed by atoms with Crippen molar-refractivity contribution in [3.05, 3.63) is 54.1 Å². The molecule has 1 aliphatic rings. The number of hydrogen-bond donors (Lipinski definition) is 1. The lowest BCUT2D eigenvalue weighted by Gasteiger charge is -2.25. The quantitative estimate of drug-likeness (QED) is 0.164. The SMILES string of the molecule is CCOC(=O)N(N)c1ccc(N(CCCCCCCC2(C)OCCO2)S(=O)(=O)c2ccc(C)cc2)cc1. The molecule has 204 valence electrons. The van der Waals surface area contributed by atoms with Crippen LogP contribution in [0.3, 0.4) is 0 Å². The molecule has 0 aliphatic carbocycles. The molecule has 10 heteroatoms. The summed E-state index contributed by atoms with van der Waals surface area (Å²) in [5.74, 6) is 5.38. The summed E-state index contributed by atoms with van der Waals surface area (Å²) in [6.07, 6.45) is 4.81. The van der Waals surface area contributed by atoms with E-state index in [1.165, 1.54) is 4.31 Å². The molecule has 0 saturated carbocycles. The molecule has 1 fully saturated rings. The van der Waals surface area contributed by atoms with Crippen molar-refractivity contribution in [2.45, 2.75) is 70.0 Å². The Kier molecular flexibility index (Phi) is 10.3. The van der Waals surface area contributed by atoms with Crippen LogP contribution in [0.2, 0.25) is 0 Å². The number of aryl methyl sites for hydroxylation is 1. The second kappa shape index (κ2) is 13.2. The molecule has 0 spiro atoms. The lowest BCUT2D eigenvalue weighted by molar-refractivity contribution is -0.147. The molecule has 2 aromatic rings. The van der Waals surface area contributed by atoms with E-state index in [4.69, 9.17) is 20.1 Å². The average molecular weight is 534 g/mol. The summed E-state index contributed by atoms with van der Waals surface area (Å²) < 4.78 is 44.8. The average Bonchev–Trinajstić information content (AvgIpc) is 3.32. The van der Waals surface area contributed by atoms with E-state index in [9.17, 15) is 13.2 Å². The van der Waals surface area contributed by atoms with Gasteiger partial charge in [0, 0.05) is 13.0 Å². The van der Waals surface area contributed by atoms with Gasteiger partial charge in [-0.3, -0.25) is 4.31 Å². The second-order valence-corrected chi connectivity index (χ2v) is 11.2. The Bertz CT molecular complexity index is 1100. The molecule has 0 aromatic heterocycles. The molecule has 2 aromatic carbocycles. The van der Waals surface area contributed by atoms with E-state index in [0.29, 0.717) is 37.6 Å². The number of ether oxygens (including phenoxy) is 3. The molecule has 1 aliphatic heterocycles. The zero-order valence-electron chi connectivity index (χ0n) is 22.0. The predicted molar refractivity (Wildman–Crippen MR) is 144 cm³/mol. The van der Waals surface area contributed by atoms with Gasteiger partial charge >= 0.3 is 6.09 Å². The fourth-order valence-electron chi connectivity index (χ4n) is 4.24. The Morgan fingerprint density at radius 3 is 2.14 bits per heavy atom. The van der Waals surface area contributed by atoms with Crippen molar-refractivity contribution >= 4 is 27.5 Å².